The zero-order chi connectivity index (χ0) is 12.4. The number of methoxy groups -OCH3 is 2. The van der Waals surface area contributed by atoms with Gasteiger partial charge in [-0.15, -0.1) is 0 Å². The van der Waals surface area contributed by atoms with E-state index in [0.29, 0.717) is 17.9 Å². The average Bonchev–Trinajstić information content (AvgIpc) is 3.09. The van der Waals surface area contributed by atoms with Crippen molar-refractivity contribution in [2.75, 3.05) is 19.5 Å². The molecule has 2 rings (SSSR count). The number of carbonyl (C=O) groups is 1. The standard InChI is InChI=1S/C12H15NO4/c1-16-7-3-4-9(11(5-7)17-2)13-10-6-8(10)12(14)15/h3-5,8,10,13H,6H2,1-2H3,(H,14,15). The molecule has 2 N–H and O–H groups in total. The van der Waals surface area contributed by atoms with Gasteiger partial charge in [-0.1, -0.05) is 0 Å². The van der Waals surface area contributed by atoms with Crippen LogP contribution in [0.3, 0.4) is 0 Å². The molecule has 5 nitrogen and oxygen atoms in total. The molecule has 0 amide bonds. The van der Waals surface area contributed by atoms with E-state index in [1.807, 2.05) is 12.1 Å². The topological polar surface area (TPSA) is 67.8 Å². The molecule has 2 unspecified atom stereocenters. The fourth-order valence-electron chi connectivity index (χ4n) is 1.74. The largest absolute Gasteiger partial charge is 0.497 e. The number of aliphatic carboxylic acids is 1. The molecule has 0 radical (unpaired) electrons. The third-order valence-corrected chi connectivity index (χ3v) is 2.86. The van der Waals surface area contributed by atoms with Crippen molar-refractivity contribution in [1.29, 1.82) is 0 Å². The zero-order valence-electron chi connectivity index (χ0n) is 9.77. The third-order valence-electron chi connectivity index (χ3n) is 2.86. The van der Waals surface area contributed by atoms with Gasteiger partial charge in [-0.2, -0.15) is 0 Å². The summed E-state index contributed by atoms with van der Waals surface area (Å²) in [7, 11) is 3.16. The summed E-state index contributed by atoms with van der Waals surface area (Å²) < 4.78 is 10.3. The number of hydrogen-bond acceptors (Lipinski definition) is 4. The maximum atomic E-state index is 10.7. The summed E-state index contributed by atoms with van der Waals surface area (Å²) in [6, 6.07) is 5.40. The SMILES string of the molecule is COc1ccc(NC2CC2C(=O)O)c(OC)c1. The second-order valence-electron chi connectivity index (χ2n) is 4.00. The number of carboxylic acid groups (broad SMARTS) is 1. The average molecular weight is 237 g/mol. The first-order valence-corrected chi connectivity index (χ1v) is 5.37. The molecule has 0 aromatic heterocycles. The van der Waals surface area contributed by atoms with Crippen LogP contribution in [0.4, 0.5) is 5.69 Å². The Morgan fingerprint density at radius 3 is 2.71 bits per heavy atom. The van der Waals surface area contributed by atoms with Crippen LogP contribution in [0.5, 0.6) is 11.5 Å². The highest BCUT2D eigenvalue weighted by Gasteiger charge is 2.43. The molecule has 92 valence electrons. The first kappa shape index (κ1) is 11.6. The molecule has 1 aliphatic rings. The Morgan fingerprint density at radius 1 is 1.41 bits per heavy atom. The Morgan fingerprint density at radius 2 is 2.18 bits per heavy atom. The molecular formula is C12H15NO4. The second kappa shape index (κ2) is 4.53. The summed E-state index contributed by atoms with van der Waals surface area (Å²) in [6.07, 6.45) is 0.657. The highest BCUT2D eigenvalue weighted by Crippen LogP contribution is 2.37. The Kier molecular flexibility index (Phi) is 3.08. The van der Waals surface area contributed by atoms with Crippen molar-refractivity contribution in [2.45, 2.75) is 12.5 Å². The molecule has 1 aromatic carbocycles. The van der Waals surface area contributed by atoms with E-state index in [4.69, 9.17) is 14.6 Å². The normalized spacial score (nSPS) is 21.8. The fourth-order valence-corrected chi connectivity index (χ4v) is 1.74. The molecule has 1 fully saturated rings. The van der Waals surface area contributed by atoms with Crippen LogP contribution in [0.25, 0.3) is 0 Å². The number of ether oxygens (including phenoxy) is 2. The van der Waals surface area contributed by atoms with Crippen LogP contribution in [0.1, 0.15) is 6.42 Å². The van der Waals surface area contributed by atoms with Gasteiger partial charge in [-0.3, -0.25) is 4.79 Å². The van der Waals surface area contributed by atoms with Crippen molar-refractivity contribution < 1.29 is 19.4 Å². The van der Waals surface area contributed by atoms with Gasteiger partial charge in [0, 0.05) is 12.1 Å². The Hall–Kier alpha value is -1.91. The lowest BCUT2D eigenvalue weighted by Gasteiger charge is -2.11. The summed E-state index contributed by atoms with van der Waals surface area (Å²) in [6.45, 7) is 0. The van der Waals surface area contributed by atoms with Crippen molar-refractivity contribution in [3.63, 3.8) is 0 Å². The van der Waals surface area contributed by atoms with Crippen molar-refractivity contribution in [2.24, 2.45) is 5.92 Å². The highest BCUT2D eigenvalue weighted by molar-refractivity contribution is 5.76. The first-order valence-electron chi connectivity index (χ1n) is 5.37. The maximum absolute atomic E-state index is 10.7. The lowest BCUT2D eigenvalue weighted by molar-refractivity contribution is -0.138. The van der Waals surface area contributed by atoms with E-state index >= 15 is 0 Å². The van der Waals surface area contributed by atoms with Gasteiger partial charge in [0.05, 0.1) is 25.8 Å². The minimum atomic E-state index is -0.755. The van der Waals surface area contributed by atoms with Gasteiger partial charge in [0.1, 0.15) is 11.5 Å². The monoisotopic (exact) mass is 237 g/mol. The minimum Gasteiger partial charge on any atom is -0.497 e. The highest BCUT2D eigenvalue weighted by atomic mass is 16.5. The van der Waals surface area contributed by atoms with Gasteiger partial charge in [-0.05, 0) is 18.6 Å². The molecule has 17 heavy (non-hydrogen) atoms. The molecule has 5 heteroatoms. The summed E-state index contributed by atoms with van der Waals surface area (Å²) in [5.74, 6) is 0.315. The molecule has 0 saturated heterocycles. The van der Waals surface area contributed by atoms with E-state index in [1.54, 1.807) is 20.3 Å². The van der Waals surface area contributed by atoms with E-state index in [9.17, 15) is 4.79 Å². The number of anilines is 1. The van der Waals surface area contributed by atoms with Crippen LogP contribution < -0.4 is 14.8 Å². The number of benzene rings is 1. The van der Waals surface area contributed by atoms with Crippen molar-refractivity contribution >= 4 is 11.7 Å². The van der Waals surface area contributed by atoms with E-state index in [2.05, 4.69) is 5.32 Å². The van der Waals surface area contributed by atoms with Crippen LogP contribution in [-0.4, -0.2) is 31.3 Å². The molecule has 1 aromatic rings. The predicted molar refractivity (Wildman–Crippen MR) is 62.7 cm³/mol. The van der Waals surface area contributed by atoms with Gasteiger partial charge in [0.15, 0.2) is 0 Å². The predicted octanol–water partition coefficient (Wildman–Crippen LogP) is 1.59. The van der Waals surface area contributed by atoms with E-state index in [-0.39, 0.29) is 12.0 Å². The van der Waals surface area contributed by atoms with Crippen LogP contribution >= 0.6 is 0 Å². The van der Waals surface area contributed by atoms with E-state index < -0.39 is 5.97 Å². The second-order valence-corrected chi connectivity index (χ2v) is 4.00. The molecule has 0 bridgehead atoms. The Labute approximate surface area is 99.3 Å². The smallest absolute Gasteiger partial charge is 0.308 e. The molecular weight excluding hydrogens is 222 g/mol. The maximum Gasteiger partial charge on any atom is 0.308 e. The minimum absolute atomic E-state index is 0.00482. The van der Waals surface area contributed by atoms with Gasteiger partial charge in [-0.25, -0.2) is 0 Å². The number of hydrogen-bond donors (Lipinski definition) is 2. The quantitative estimate of drug-likeness (QED) is 0.814. The lowest BCUT2D eigenvalue weighted by Crippen LogP contribution is -2.10. The van der Waals surface area contributed by atoms with Crippen LogP contribution in [0, 0.1) is 5.92 Å². The number of nitrogens with one attached hydrogen (secondary N) is 1. The zero-order valence-corrected chi connectivity index (χ0v) is 9.77. The van der Waals surface area contributed by atoms with Crippen molar-refractivity contribution in [3.8, 4) is 11.5 Å². The van der Waals surface area contributed by atoms with Crippen LogP contribution in [0.15, 0.2) is 18.2 Å². The summed E-state index contributed by atoms with van der Waals surface area (Å²) in [4.78, 5) is 10.7. The van der Waals surface area contributed by atoms with Crippen molar-refractivity contribution in [3.05, 3.63) is 18.2 Å². The molecule has 0 aliphatic heterocycles. The molecule has 2 atom stereocenters. The molecule has 1 saturated carbocycles. The summed E-state index contributed by atoms with van der Waals surface area (Å²) in [5, 5.41) is 12.0. The Bertz CT molecular complexity index is 433. The van der Waals surface area contributed by atoms with E-state index in [0.717, 1.165) is 5.69 Å². The van der Waals surface area contributed by atoms with Crippen LogP contribution in [-0.2, 0) is 4.79 Å². The van der Waals surface area contributed by atoms with Gasteiger partial charge in [0.2, 0.25) is 0 Å². The molecule has 0 heterocycles. The summed E-state index contributed by atoms with van der Waals surface area (Å²) >= 11 is 0. The van der Waals surface area contributed by atoms with Gasteiger partial charge in [0.25, 0.3) is 0 Å². The number of carboxylic acids is 1. The van der Waals surface area contributed by atoms with Gasteiger partial charge < -0.3 is 19.9 Å². The van der Waals surface area contributed by atoms with Gasteiger partial charge >= 0.3 is 5.97 Å². The number of rotatable bonds is 5. The third kappa shape index (κ3) is 2.43. The molecule has 1 aliphatic carbocycles. The molecule has 0 spiro atoms. The van der Waals surface area contributed by atoms with Crippen LogP contribution in [0.2, 0.25) is 0 Å². The lowest BCUT2D eigenvalue weighted by atomic mass is 10.2. The summed E-state index contributed by atoms with van der Waals surface area (Å²) in [5.41, 5.74) is 0.794. The van der Waals surface area contributed by atoms with Crippen molar-refractivity contribution in [1.82, 2.24) is 0 Å². The first-order chi connectivity index (χ1) is 8.15. The van der Waals surface area contributed by atoms with E-state index in [1.165, 1.54) is 0 Å². The fraction of sp³-hybridized carbons (Fsp3) is 0.417. The Balaban J connectivity index is 2.08.